The molecule has 3 aliphatic rings. The Labute approximate surface area is 400 Å². The van der Waals surface area contributed by atoms with Crippen LogP contribution in [0.5, 0.6) is 11.5 Å². The molecule has 2 amide bonds. The summed E-state index contributed by atoms with van der Waals surface area (Å²) in [6.45, 7) is 4.86. The number of piperidine rings is 1. The van der Waals surface area contributed by atoms with E-state index >= 15 is 0 Å². The van der Waals surface area contributed by atoms with Crippen molar-refractivity contribution in [3.63, 3.8) is 0 Å². The fraction of sp³-hybridized carbons (Fsp3) is 0.347. The summed E-state index contributed by atoms with van der Waals surface area (Å²) in [7, 11) is 4.94. The number of piperazine rings is 1. The number of ether oxygens (including phenoxy) is 2. The first-order valence-corrected chi connectivity index (χ1v) is 23.4. The molecule has 0 unspecified atom stereocenters. The number of nitrogens with zero attached hydrogens (tertiary/aromatic N) is 9. The van der Waals surface area contributed by atoms with E-state index in [1.165, 1.54) is 52.0 Å². The van der Waals surface area contributed by atoms with Gasteiger partial charge in [-0.3, -0.25) is 19.6 Å². The van der Waals surface area contributed by atoms with Crippen LogP contribution in [0.3, 0.4) is 0 Å². The summed E-state index contributed by atoms with van der Waals surface area (Å²) in [5.74, 6) is 0.545. The van der Waals surface area contributed by atoms with E-state index in [4.69, 9.17) is 9.47 Å². The standard InChI is InChI=1S/C20H17FN6O2.C16H10BrFN4O.C8H17N.C5H9NO/c1-29-18-6-14-13(2-3-23-17(14)7-16(18)21)15-9-25-27-11-12(8-24-20(15)27)26-5-4-22-10-19(26)28;1-23-15-4-11-10(2-3-19-14(11)5-13(15)18)12-7-21-22-8-9(17)6-20-16(12)22;1-7-5-3-4-6-8(7)9-2;7-5-3-1-2-4-6-5/h2-3,6-9,11,22H,4-5,10H2,1H3;2-8H,1H3;7-9H,3-6H2,1-2H3;1-4H2,(H,6,7)/t;;7-,8-;/m..0./s1. The lowest BCUT2D eigenvalue weighted by molar-refractivity contribution is -0.122. The number of carbonyl (C=O) groups excluding carboxylic acids is 2. The van der Waals surface area contributed by atoms with Gasteiger partial charge < -0.3 is 30.3 Å². The molecule has 2 aromatic carbocycles. The van der Waals surface area contributed by atoms with Crippen molar-refractivity contribution >= 4 is 66.5 Å². The van der Waals surface area contributed by atoms with Crippen molar-refractivity contribution < 1.29 is 27.8 Å². The first kappa shape index (κ1) is 47.8. The van der Waals surface area contributed by atoms with Crippen molar-refractivity contribution in [1.29, 1.82) is 0 Å². The van der Waals surface area contributed by atoms with Crippen LogP contribution in [0.2, 0.25) is 0 Å². The van der Waals surface area contributed by atoms with Gasteiger partial charge in [0.2, 0.25) is 11.8 Å². The second-order valence-electron chi connectivity index (χ2n) is 16.6. The molecule has 3 N–H and O–H groups in total. The highest BCUT2D eigenvalue weighted by molar-refractivity contribution is 9.10. The van der Waals surface area contributed by atoms with Crippen molar-refractivity contribution in [2.24, 2.45) is 5.92 Å². The van der Waals surface area contributed by atoms with Gasteiger partial charge in [-0.2, -0.15) is 10.2 Å². The molecule has 2 saturated heterocycles. The van der Waals surface area contributed by atoms with Gasteiger partial charge in [0, 0.05) is 90.9 Å². The fourth-order valence-corrected chi connectivity index (χ4v) is 8.96. The molecule has 0 bridgehead atoms. The monoisotopic (exact) mass is 990 g/mol. The predicted molar refractivity (Wildman–Crippen MR) is 261 cm³/mol. The number of nitrogens with one attached hydrogen (secondary N) is 3. The number of pyridine rings is 2. The Morgan fingerprint density at radius 3 is 1.85 bits per heavy atom. The highest BCUT2D eigenvalue weighted by Crippen LogP contribution is 2.35. The normalized spacial score (nSPS) is 17.1. The number of rotatable bonds is 6. The van der Waals surface area contributed by atoms with E-state index in [0.717, 1.165) is 81.8 Å². The largest absolute Gasteiger partial charge is 0.494 e. The molecular formula is C49H53BrF2N12O4. The average molecular weight is 992 g/mol. The number of amides is 2. The van der Waals surface area contributed by atoms with Crippen molar-refractivity contribution in [2.75, 3.05) is 52.3 Å². The molecule has 1 saturated carbocycles. The van der Waals surface area contributed by atoms with E-state index in [1.807, 2.05) is 18.3 Å². The van der Waals surface area contributed by atoms with Gasteiger partial charge in [-0.15, -0.1) is 0 Å². The molecular weight excluding hydrogens is 939 g/mol. The molecule has 2 atom stereocenters. The third kappa shape index (κ3) is 10.7. The maximum Gasteiger partial charge on any atom is 0.241 e. The molecule has 11 rings (SSSR count). The molecule has 3 fully saturated rings. The predicted octanol–water partition coefficient (Wildman–Crippen LogP) is 7.95. The van der Waals surface area contributed by atoms with Gasteiger partial charge in [-0.1, -0.05) is 19.8 Å². The maximum absolute atomic E-state index is 14.1. The maximum atomic E-state index is 14.1. The van der Waals surface area contributed by atoms with Gasteiger partial charge in [-0.05, 0) is 90.0 Å². The number of fused-ring (bicyclic) bond motifs is 4. The molecule has 6 aromatic heterocycles. The van der Waals surface area contributed by atoms with Crippen LogP contribution < -0.4 is 30.3 Å². The minimum Gasteiger partial charge on any atom is -0.494 e. The lowest BCUT2D eigenvalue weighted by atomic mass is 9.86. The molecule has 19 heteroatoms. The Balaban J connectivity index is 0.000000141. The highest BCUT2D eigenvalue weighted by Gasteiger charge is 2.22. The average Bonchev–Trinajstić information content (AvgIpc) is 3.98. The molecule has 68 heavy (non-hydrogen) atoms. The minimum absolute atomic E-state index is 0.000899. The summed E-state index contributed by atoms with van der Waals surface area (Å²) >= 11 is 3.37. The molecule has 16 nitrogen and oxygen atoms in total. The Morgan fingerprint density at radius 2 is 1.34 bits per heavy atom. The van der Waals surface area contributed by atoms with Crippen LogP contribution in [0.25, 0.3) is 55.4 Å². The number of methoxy groups -OCH3 is 2. The van der Waals surface area contributed by atoms with E-state index in [9.17, 15) is 18.4 Å². The zero-order chi connectivity index (χ0) is 47.7. The van der Waals surface area contributed by atoms with Crippen LogP contribution in [0.4, 0.5) is 14.5 Å². The van der Waals surface area contributed by atoms with Gasteiger partial charge in [-0.25, -0.2) is 27.8 Å². The fourth-order valence-electron chi connectivity index (χ4n) is 8.66. The summed E-state index contributed by atoms with van der Waals surface area (Å²) in [6, 6.07) is 10.5. The first-order valence-electron chi connectivity index (χ1n) is 22.6. The summed E-state index contributed by atoms with van der Waals surface area (Å²) in [5.41, 5.74) is 6.43. The first-order chi connectivity index (χ1) is 33.1. The van der Waals surface area contributed by atoms with Gasteiger partial charge >= 0.3 is 0 Å². The second-order valence-corrected chi connectivity index (χ2v) is 17.6. The van der Waals surface area contributed by atoms with Crippen LogP contribution in [0.15, 0.2) is 90.4 Å². The molecule has 0 radical (unpaired) electrons. The molecule has 354 valence electrons. The zero-order valence-corrected chi connectivity index (χ0v) is 39.9. The van der Waals surface area contributed by atoms with Crippen LogP contribution in [-0.4, -0.2) is 104 Å². The minimum atomic E-state index is -0.465. The zero-order valence-electron chi connectivity index (χ0n) is 38.3. The Bertz CT molecular complexity index is 3070. The quantitative estimate of drug-likeness (QED) is 0.147. The number of aromatic nitrogens is 8. The Hall–Kier alpha value is -6.70. The topological polar surface area (TPSA) is 178 Å². The lowest BCUT2D eigenvalue weighted by Crippen LogP contribution is -2.48. The van der Waals surface area contributed by atoms with E-state index < -0.39 is 11.6 Å². The van der Waals surface area contributed by atoms with Crippen molar-refractivity contribution in [3.05, 3.63) is 102 Å². The van der Waals surface area contributed by atoms with Crippen molar-refractivity contribution in [2.45, 2.75) is 57.9 Å². The molecule has 2 aliphatic heterocycles. The van der Waals surface area contributed by atoms with Crippen LogP contribution in [-0.2, 0) is 9.59 Å². The number of hydrogen-bond acceptors (Lipinski definition) is 12. The van der Waals surface area contributed by atoms with Gasteiger partial charge in [0.25, 0.3) is 0 Å². The second kappa shape index (κ2) is 21.9. The van der Waals surface area contributed by atoms with E-state index in [1.54, 1.807) is 69.4 Å². The molecule has 8 aromatic rings. The summed E-state index contributed by atoms with van der Waals surface area (Å²) in [6.07, 6.45) is 22.4. The van der Waals surface area contributed by atoms with Gasteiger partial charge in [0.15, 0.2) is 34.4 Å². The van der Waals surface area contributed by atoms with Gasteiger partial charge in [0.05, 0.1) is 66.7 Å². The smallest absolute Gasteiger partial charge is 0.241 e. The Morgan fingerprint density at radius 1 is 0.735 bits per heavy atom. The van der Waals surface area contributed by atoms with Crippen LogP contribution in [0, 0.1) is 17.6 Å². The number of carbonyl (C=O) groups is 2. The van der Waals surface area contributed by atoms with Crippen molar-refractivity contribution in [1.82, 2.24) is 55.1 Å². The molecule has 8 heterocycles. The number of hydrogen-bond donors (Lipinski definition) is 3. The SMILES string of the molecule is CN[C@H]1CCCC[C@@H]1C.COc1cc2c(-c3cnn4cc(Br)cnc34)ccnc2cc1F.COc1cc2c(-c3cnn4cc(N5CCNCC5=O)cnc34)ccnc2cc1F.O=C1CCCCN1. The highest BCUT2D eigenvalue weighted by atomic mass is 79.9. The van der Waals surface area contributed by atoms with Crippen LogP contribution in [0.1, 0.15) is 51.9 Å². The Kier molecular flexibility index (Phi) is 15.4. The lowest BCUT2D eigenvalue weighted by Gasteiger charge is -2.27. The third-order valence-corrected chi connectivity index (χ3v) is 12.7. The summed E-state index contributed by atoms with van der Waals surface area (Å²) in [5, 5.41) is 19.4. The van der Waals surface area contributed by atoms with Crippen LogP contribution >= 0.6 is 15.9 Å². The van der Waals surface area contributed by atoms with E-state index in [2.05, 4.69) is 76.0 Å². The number of benzene rings is 2. The summed E-state index contributed by atoms with van der Waals surface area (Å²) < 4.78 is 42.3. The number of anilines is 1. The molecule has 1 aliphatic carbocycles. The van der Waals surface area contributed by atoms with E-state index in [0.29, 0.717) is 41.1 Å². The summed E-state index contributed by atoms with van der Waals surface area (Å²) in [4.78, 5) is 41.7. The number of halogens is 3. The van der Waals surface area contributed by atoms with Crippen molar-refractivity contribution in [3.8, 4) is 33.8 Å². The van der Waals surface area contributed by atoms with E-state index in [-0.39, 0.29) is 23.3 Å². The third-order valence-electron chi connectivity index (χ3n) is 12.3. The van der Waals surface area contributed by atoms with Gasteiger partial charge in [0.1, 0.15) is 0 Å². The molecule has 0 spiro atoms.